The van der Waals surface area contributed by atoms with Gasteiger partial charge in [0.2, 0.25) is 0 Å². The lowest BCUT2D eigenvalue weighted by Gasteiger charge is -2.14. The molecule has 2 amide bonds. The monoisotopic (exact) mass is 276 g/mol. The Morgan fingerprint density at radius 1 is 1.15 bits per heavy atom. The van der Waals surface area contributed by atoms with E-state index in [-0.39, 0.29) is 18.0 Å². The first-order valence-electron chi connectivity index (χ1n) is 6.82. The van der Waals surface area contributed by atoms with E-state index in [4.69, 9.17) is 5.11 Å². The van der Waals surface area contributed by atoms with Crippen molar-refractivity contribution in [2.45, 2.75) is 39.2 Å². The molecule has 2 atom stereocenters. The summed E-state index contributed by atoms with van der Waals surface area (Å²) in [6.45, 7) is 3.95. The number of hydrogen-bond donors (Lipinski definition) is 3. The van der Waals surface area contributed by atoms with Crippen molar-refractivity contribution in [3.63, 3.8) is 0 Å². The molecule has 1 saturated carbocycles. The first-order chi connectivity index (χ1) is 9.44. The van der Waals surface area contributed by atoms with Crippen LogP contribution in [0.15, 0.2) is 18.2 Å². The van der Waals surface area contributed by atoms with Gasteiger partial charge in [-0.15, -0.1) is 0 Å². The maximum Gasteiger partial charge on any atom is 0.319 e. The Kier molecular flexibility index (Phi) is 4.27. The van der Waals surface area contributed by atoms with Crippen molar-refractivity contribution in [2.75, 3.05) is 5.32 Å². The summed E-state index contributed by atoms with van der Waals surface area (Å²) in [6.07, 6.45) is 1.86. The fourth-order valence-corrected chi connectivity index (χ4v) is 2.74. The number of rotatable bonds is 3. The molecule has 20 heavy (non-hydrogen) atoms. The number of hydrogen-bond acceptors (Lipinski definition) is 2. The van der Waals surface area contributed by atoms with E-state index in [0.29, 0.717) is 12.8 Å². The molecule has 0 heterocycles. The fourth-order valence-electron chi connectivity index (χ4n) is 2.74. The molecule has 2 rings (SSSR count). The molecule has 5 heteroatoms. The van der Waals surface area contributed by atoms with E-state index in [0.717, 1.165) is 23.2 Å². The minimum absolute atomic E-state index is 0.0537. The maximum absolute atomic E-state index is 11.9. The van der Waals surface area contributed by atoms with E-state index >= 15 is 0 Å². The lowest BCUT2D eigenvalue weighted by atomic mass is 10.1. The third-order valence-corrected chi connectivity index (χ3v) is 3.60. The van der Waals surface area contributed by atoms with Crippen molar-refractivity contribution in [1.82, 2.24) is 5.32 Å². The van der Waals surface area contributed by atoms with Crippen LogP contribution in [0.5, 0.6) is 0 Å². The Balaban J connectivity index is 1.88. The van der Waals surface area contributed by atoms with Crippen LogP contribution in [0.1, 0.15) is 30.4 Å². The molecule has 0 spiro atoms. The van der Waals surface area contributed by atoms with Gasteiger partial charge >= 0.3 is 12.0 Å². The molecule has 1 fully saturated rings. The van der Waals surface area contributed by atoms with Crippen molar-refractivity contribution in [2.24, 2.45) is 5.92 Å². The molecular weight excluding hydrogens is 256 g/mol. The van der Waals surface area contributed by atoms with Crippen molar-refractivity contribution in [3.8, 4) is 0 Å². The Morgan fingerprint density at radius 3 is 2.35 bits per heavy atom. The van der Waals surface area contributed by atoms with E-state index < -0.39 is 5.97 Å². The van der Waals surface area contributed by atoms with E-state index in [2.05, 4.69) is 10.6 Å². The largest absolute Gasteiger partial charge is 0.481 e. The van der Waals surface area contributed by atoms with Gasteiger partial charge < -0.3 is 15.7 Å². The predicted octanol–water partition coefficient (Wildman–Crippen LogP) is 2.68. The van der Waals surface area contributed by atoms with Crippen molar-refractivity contribution < 1.29 is 14.7 Å². The van der Waals surface area contributed by atoms with E-state index in [1.807, 2.05) is 32.0 Å². The van der Waals surface area contributed by atoms with Crippen LogP contribution in [-0.4, -0.2) is 23.1 Å². The van der Waals surface area contributed by atoms with Crippen LogP contribution in [0, 0.1) is 19.8 Å². The number of carbonyl (C=O) groups excluding carboxylic acids is 1. The zero-order valence-corrected chi connectivity index (χ0v) is 11.8. The topological polar surface area (TPSA) is 78.4 Å². The minimum Gasteiger partial charge on any atom is -0.481 e. The van der Waals surface area contributed by atoms with E-state index in [1.54, 1.807) is 0 Å². The number of aliphatic carboxylic acids is 1. The van der Waals surface area contributed by atoms with Crippen LogP contribution in [0.3, 0.4) is 0 Å². The van der Waals surface area contributed by atoms with Gasteiger partial charge in [0.05, 0.1) is 5.92 Å². The van der Waals surface area contributed by atoms with Gasteiger partial charge in [-0.2, -0.15) is 0 Å². The van der Waals surface area contributed by atoms with Crippen LogP contribution in [0.4, 0.5) is 10.5 Å². The molecule has 0 saturated heterocycles. The standard InChI is InChI=1S/C15H20N2O3/c1-9-5-10(2)7-13(6-9)17-15(20)16-12-4-3-11(8-12)14(18)19/h5-7,11-12H,3-4,8H2,1-2H3,(H,18,19)(H2,16,17,20). The van der Waals surface area contributed by atoms with Crippen molar-refractivity contribution in [1.29, 1.82) is 0 Å². The zero-order valence-electron chi connectivity index (χ0n) is 11.8. The molecule has 1 aromatic rings. The summed E-state index contributed by atoms with van der Waals surface area (Å²) in [6, 6.07) is 5.52. The Bertz CT molecular complexity index is 508. The number of benzene rings is 1. The highest BCUT2D eigenvalue weighted by atomic mass is 16.4. The summed E-state index contributed by atoms with van der Waals surface area (Å²) in [5.74, 6) is -1.11. The summed E-state index contributed by atoms with van der Waals surface area (Å²) < 4.78 is 0. The smallest absolute Gasteiger partial charge is 0.319 e. The highest BCUT2D eigenvalue weighted by Gasteiger charge is 2.30. The van der Waals surface area contributed by atoms with Gasteiger partial charge in [0.1, 0.15) is 0 Å². The van der Waals surface area contributed by atoms with Gasteiger partial charge in [0.25, 0.3) is 0 Å². The highest BCUT2D eigenvalue weighted by Crippen LogP contribution is 2.25. The van der Waals surface area contributed by atoms with Crippen LogP contribution in [0.2, 0.25) is 0 Å². The molecule has 1 aliphatic rings. The van der Waals surface area contributed by atoms with Crippen LogP contribution < -0.4 is 10.6 Å². The van der Waals surface area contributed by atoms with E-state index in [1.165, 1.54) is 0 Å². The minimum atomic E-state index is -0.774. The SMILES string of the molecule is Cc1cc(C)cc(NC(=O)NC2CCC(C(=O)O)C2)c1. The number of aryl methyl sites for hydroxylation is 2. The fraction of sp³-hybridized carbons (Fsp3) is 0.467. The van der Waals surface area contributed by atoms with Crippen LogP contribution >= 0.6 is 0 Å². The van der Waals surface area contributed by atoms with Gasteiger partial charge in [-0.3, -0.25) is 4.79 Å². The van der Waals surface area contributed by atoms with Gasteiger partial charge in [-0.05, 0) is 56.4 Å². The van der Waals surface area contributed by atoms with Gasteiger partial charge in [-0.1, -0.05) is 6.07 Å². The number of carbonyl (C=O) groups is 2. The molecule has 0 aliphatic heterocycles. The van der Waals surface area contributed by atoms with Gasteiger partial charge in [-0.25, -0.2) is 4.79 Å². The number of anilines is 1. The molecule has 3 N–H and O–H groups in total. The van der Waals surface area contributed by atoms with Crippen molar-refractivity contribution in [3.05, 3.63) is 29.3 Å². The Hall–Kier alpha value is -2.04. The second kappa shape index (κ2) is 5.94. The van der Waals surface area contributed by atoms with Gasteiger partial charge in [0.15, 0.2) is 0 Å². The molecule has 108 valence electrons. The first kappa shape index (κ1) is 14.4. The number of carboxylic acid groups (broad SMARTS) is 1. The quantitative estimate of drug-likeness (QED) is 0.794. The van der Waals surface area contributed by atoms with Crippen molar-refractivity contribution >= 4 is 17.7 Å². The molecular formula is C15H20N2O3. The van der Waals surface area contributed by atoms with Gasteiger partial charge in [0, 0.05) is 11.7 Å². The average molecular weight is 276 g/mol. The third-order valence-electron chi connectivity index (χ3n) is 3.60. The maximum atomic E-state index is 11.9. The molecule has 1 aliphatic carbocycles. The summed E-state index contributed by atoms with van der Waals surface area (Å²) in [7, 11) is 0. The summed E-state index contributed by atoms with van der Waals surface area (Å²) in [5.41, 5.74) is 2.94. The first-order valence-corrected chi connectivity index (χ1v) is 6.82. The molecule has 5 nitrogen and oxygen atoms in total. The van der Waals surface area contributed by atoms with Crippen LogP contribution in [-0.2, 0) is 4.79 Å². The summed E-state index contributed by atoms with van der Waals surface area (Å²) in [5, 5.41) is 14.6. The molecule has 0 bridgehead atoms. The second-order valence-corrected chi connectivity index (χ2v) is 5.52. The number of amides is 2. The number of nitrogens with one attached hydrogen (secondary N) is 2. The molecule has 0 radical (unpaired) electrons. The van der Waals surface area contributed by atoms with E-state index in [9.17, 15) is 9.59 Å². The molecule has 0 aromatic heterocycles. The molecule has 1 aromatic carbocycles. The lowest BCUT2D eigenvalue weighted by molar-refractivity contribution is -0.141. The zero-order chi connectivity index (χ0) is 14.7. The number of urea groups is 1. The summed E-state index contributed by atoms with van der Waals surface area (Å²) in [4.78, 5) is 22.8. The number of carboxylic acids is 1. The Morgan fingerprint density at radius 2 is 1.80 bits per heavy atom. The third kappa shape index (κ3) is 3.73. The Labute approximate surface area is 118 Å². The molecule has 2 unspecified atom stereocenters. The lowest BCUT2D eigenvalue weighted by Crippen LogP contribution is -2.36. The highest BCUT2D eigenvalue weighted by molar-refractivity contribution is 5.89. The second-order valence-electron chi connectivity index (χ2n) is 5.52. The average Bonchev–Trinajstić information content (AvgIpc) is 2.75. The summed E-state index contributed by atoms with van der Waals surface area (Å²) >= 11 is 0. The predicted molar refractivity (Wildman–Crippen MR) is 76.8 cm³/mol. The normalized spacial score (nSPS) is 21.5. The van der Waals surface area contributed by atoms with Crippen LogP contribution in [0.25, 0.3) is 0 Å².